The maximum absolute atomic E-state index is 16.2. The number of aromatic nitrogens is 4. The van der Waals surface area contributed by atoms with Crippen LogP contribution in [0.2, 0.25) is 0 Å². The lowest BCUT2D eigenvalue weighted by molar-refractivity contribution is -0.225. The molecule has 3 amide bonds. The van der Waals surface area contributed by atoms with Gasteiger partial charge in [0.25, 0.3) is 0 Å². The van der Waals surface area contributed by atoms with Crippen LogP contribution in [0.4, 0.5) is 22.4 Å². The van der Waals surface area contributed by atoms with Gasteiger partial charge < -0.3 is 28.2 Å². The molecule has 3 atom stereocenters. The van der Waals surface area contributed by atoms with Crippen LogP contribution in [0.1, 0.15) is 101 Å². The summed E-state index contributed by atoms with van der Waals surface area (Å²) < 4.78 is 69.6. The molecular weight excluding hydrogens is 905 g/mol. The number of halogens is 5. The first-order valence-electron chi connectivity index (χ1n) is 20.8. The maximum atomic E-state index is 16.2. The van der Waals surface area contributed by atoms with Gasteiger partial charge in [-0.3, -0.25) is 9.59 Å². The maximum Gasteiger partial charge on any atom is 0.417 e. The molecule has 0 bridgehead atoms. The molecule has 4 heterocycles. The van der Waals surface area contributed by atoms with Gasteiger partial charge in [-0.15, -0.1) is 0 Å². The fraction of sp³-hybridized carbons (Fsp3) is 0.444. The lowest BCUT2D eigenvalue weighted by Gasteiger charge is -2.35. The van der Waals surface area contributed by atoms with Crippen molar-refractivity contribution in [2.75, 3.05) is 13.1 Å². The minimum atomic E-state index is -4.54. The second kappa shape index (κ2) is 15.1. The van der Waals surface area contributed by atoms with Crippen LogP contribution in [-0.2, 0) is 24.5 Å². The predicted octanol–water partition coefficient (Wildman–Crippen LogP) is 10.3. The molecule has 3 aromatic carbocycles. The minimum Gasteiger partial charge on any atom is -0.378 e. The Morgan fingerprint density at radius 2 is 1.52 bits per heavy atom. The lowest BCUT2D eigenvalue weighted by Crippen LogP contribution is -2.50. The molecular formula is C45H46F4IN7O4. The average molecular weight is 952 g/mol. The molecule has 1 saturated carbocycles. The Morgan fingerprint density at radius 3 is 2.18 bits per heavy atom. The highest BCUT2D eigenvalue weighted by atomic mass is 127. The van der Waals surface area contributed by atoms with Crippen molar-refractivity contribution in [3.05, 3.63) is 83.6 Å². The molecule has 0 radical (unpaired) electrons. The number of nitrogens with one attached hydrogen (secondary N) is 3. The first kappa shape index (κ1) is 41.4. The van der Waals surface area contributed by atoms with Crippen LogP contribution in [0.25, 0.3) is 44.5 Å². The first-order chi connectivity index (χ1) is 29.0. The van der Waals surface area contributed by atoms with E-state index in [9.17, 15) is 14.4 Å². The number of rotatable bonds is 9. The number of carbonyl (C=O) groups excluding carboxylic acids is 3. The number of nitrogens with zero attached hydrogens (tertiary/aromatic N) is 4. The molecule has 16 heteroatoms. The van der Waals surface area contributed by atoms with Crippen molar-refractivity contribution in [2.24, 2.45) is 17.3 Å². The monoisotopic (exact) mass is 951 g/mol. The van der Waals surface area contributed by atoms with E-state index in [2.05, 4.69) is 20.3 Å². The summed E-state index contributed by atoms with van der Waals surface area (Å²) in [6, 6.07) is 12.2. The molecule has 5 aromatic rings. The molecule has 3 N–H and O–H groups in total. The number of imidazole rings is 2. The number of hydrogen-bond acceptors (Lipinski definition) is 6. The fourth-order valence-electron chi connectivity index (χ4n) is 9.51. The summed E-state index contributed by atoms with van der Waals surface area (Å²) in [7, 11) is 0. The van der Waals surface area contributed by atoms with Crippen LogP contribution in [-0.4, -0.2) is 66.8 Å². The van der Waals surface area contributed by atoms with E-state index in [1.54, 1.807) is 35.2 Å². The Balaban J connectivity index is 0.990. The van der Waals surface area contributed by atoms with E-state index in [0.717, 1.165) is 37.8 Å². The highest BCUT2D eigenvalue weighted by Crippen LogP contribution is 2.60. The van der Waals surface area contributed by atoms with E-state index in [1.807, 2.05) is 32.6 Å². The molecule has 11 nitrogen and oxygen atoms in total. The third-order valence-electron chi connectivity index (χ3n) is 13.0. The lowest BCUT2D eigenvalue weighted by atomic mass is 9.78. The summed E-state index contributed by atoms with van der Waals surface area (Å²) in [4.78, 5) is 58.3. The Kier molecular flexibility index (Phi) is 10.2. The Labute approximate surface area is 364 Å². The summed E-state index contributed by atoms with van der Waals surface area (Å²) in [5, 5.41) is 2.63. The third kappa shape index (κ3) is 7.15. The zero-order valence-corrected chi connectivity index (χ0v) is 36.3. The second-order valence-corrected chi connectivity index (χ2v) is 18.4. The van der Waals surface area contributed by atoms with Crippen molar-refractivity contribution in [2.45, 2.75) is 96.2 Å². The number of aromatic amines is 2. The Morgan fingerprint density at radius 1 is 0.869 bits per heavy atom. The van der Waals surface area contributed by atoms with Gasteiger partial charge in [0, 0.05) is 36.2 Å². The molecule has 61 heavy (non-hydrogen) atoms. The molecule has 3 fully saturated rings. The van der Waals surface area contributed by atoms with E-state index < -0.39 is 35.1 Å². The summed E-state index contributed by atoms with van der Waals surface area (Å²) in [5.41, 5.74) is 1.29. The zero-order chi connectivity index (χ0) is 43.2. The molecule has 2 aliphatic carbocycles. The van der Waals surface area contributed by atoms with Crippen molar-refractivity contribution in [3.8, 4) is 33.5 Å². The quantitative estimate of drug-likeness (QED) is 0.0995. The second-order valence-electron chi connectivity index (χ2n) is 18.0. The van der Waals surface area contributed by atoms with Gasteiger partial charge in [0.15, 0.2) is 23.0 Å². The standard InChI is InChI=1S/C45H46F4IN7O4/c1-23(2)16-37(58)57-22-43(13-14-43)20-36(57)39-51-21-34(54-39)27-8-11-29-28-10-7-25(17-30(28)44(46,47)45(48,49)31(29)18-27)26-9-12-32-33(19-26)53-40(52-32)35-6-5-15-56(35)41(59)38(24(3)4)55-42(60)61-50/h7-12,17-19,21,23-24,35-36,38H,5-6,13-16,20,22H2,1-4H3,(H,51,54)(H,52,53)(H,55,60)/t35-,36-,38-/m0/s1. The number of benzene rings is 3. The van der Waals surface area contributed by atoms with E-state index >= 15 is 17.6 Å². The van der Waals surface area contributed by atoms with Crippen LogP contribution < -0.4 is 5.32 Å². The highest BCUT2D eigenvalue weighted by molar-refractivity contribution is 14.1. The normalized spacial score (nSPS) is 21.2. The molecule has 1 spiro atoms. The van der Waals surface area contributed by atoms with Gasteiger partial charge in [0.1, 0.15) is 17.7 Å². The number of amides is 3. The van der Waals surface area contributed by atoms with Crippen LogP contribution in [0.5, 0.6) is 0 Å². The van der Waals surface area contributed by atoms with Gasteiger partial charge in [-0.25, -0.2) is 14.8 Å². The molecule has 2 saturated heterocycles. The summed E-state index contributed by atoms with van der Waals surface area (Å²) in [5.74, 6) is -8.18. The number of fused-ring (bicyclic) bond motifs is 4. The minimum absolute atomic E-state index is 0.0170. The number of likely N-dealkylation sites (tertiary alicyclic amines) is 2. The van der Waals surface area contributed by atoms with E-state index in [1.165, 1.54) is 41.3 Å². The van der Waals surface area contributed by atoms with E-state index in [4.69, 9.17) is 8.05 Å². The average Bonchev–Trinajstić information content (AvgIpc) is 3.72. The summed E-state index contributed by atoms with van der Waals surface area (Å²) in [6.07, 6.45) is 5.46. The molecule has 0 unspecified atom stereocenters. The molecule has 4 aliphatic rings. The fourth-order valence-corrected chi connectivity index (χ4v) is 9.63. The van der Waals surface area contributed by atoms with Gasteiger partial charge in [-0.1, -0.05) is 58.0 Å². The summed E-state index contributed by atoms with van der Waals surface area (Å²) >= 11 is 1.46. The van der Waals surface area contributed by atoms with Crippen molar-refractivity contribution < 1.29 is 35.0 Å². The largest absolute Gasteiger partial charge is 0.417 e. The topological polar surface area (TPSA) is 136 Å². The number of alkyl halides is 4. The first-order valence-corrected chi connectivity index (χ1v) is 21.7. The van der Waals surface area contributed by atoms with Crippen molar-refractivity contribution in [1.29, 1.82) is 0 Å². The Hall–Kier alpha value is -5.00. The van der Waals surface area contributed by atoms with Crippen LogP contribution >= 0.6 is 23.0 Å². The summed E-state index contributed by atoms with van der Waals surface area (Å²) in [6.45, 7) is 8.81. The number of hydrogen-bond donors (Lipinski definition) is 3. The van der Waals surface area contributed by atoms with Gasteiger partial charge >= 0.3 is 17.9 Å². The molecule has 9 rings (SSSR count). The van der Waals surface area contributed by atoms with Crippen molar-refractivity contribution >= 4 is 51.9 Å². The van der Waals surface area contributed by atoms with Crippen molar-refractivity contribution in [3.63, 3.8) is 0 Å². The van der Waals surface area contributed by atoms with Gasteiger partial charge in [-0.2, -0.15) is 17.6 Å². The third-order valence-corrected chi connectivity index (χ3v) is 13.4. The van der Waals surface area contributed by atoms with Crippen LogP contribution in [0, 0.1) is 17.3 Å². The van der Waals surface area contributed by atoms with Crippen molar-refractivity contribution in [1.82, 2.24) is 35.1 Å². The molecule has 320 valence electrons. The predicted molar refractivity (Wildman–Crippen MR) is 228 cm³/mol. The SMILES string of the molecule is CC(C)CC(=O)N1CC2(CC2)C[C@H]1c1ncc(-c2ccc3c(c2)C(F)(F)C(F)(F)c2cc(-c4ccc5nc([C@@H]6CCCN6C(=O)[C@@H](NC(=O)OI)C(C)C)[nH]c5c4)ccc2-3)[nH]1. The van der Waals surface area contributed by atoms with Gasteiger partial charge in [-0.05, 0) is 95.9 Å². The zero-order valence-electron chi connectivity index (χ0n) is 34.1. The van der Waals surface area contributed by atoms with Gasteiger partial charge in [0.2, 0.25) is 11.8 Å². The number of H-pyrrole nitrogens is 2. The van der Waals surface area contributed by atoms with E-state index in [-0.39, 0.29) is 52.3 Å². The van der Waals surface area contributed by atoms with Crippen LogP contribution in [0.3, 0.4) is 0 Å². The Bertz CT molecular complexity index is 2570. The smallest absolute Gasteiger partial charge is 0.378 e. The van der Waals surface area contributed by atoms with Crippen LogP contribution in [0.15, 0.2) is 60.8 Å². The number of carbonyl (C=O) groups is 3. The van der Waals surface area contributed by atoms with E-state index in [0.29, 0.717) is 71.0 Å². The van der Waals surface area contributed by atoms with Gasteiger partial charge in [0.05, 0.1) is 35.0 Å². The molecule has 2 aliphatic heterocycles. The molecule has 2 aromatic heterocycles. The highest BCUT2D eigenvalue weighted by Gasteiger charge is 2.63.